The smallest absolute Gasteiger partial charge is 0.283 e. The molecule has 116 valence electrons. The predicted octanol–water partition coefficient (Wildman–Crippen LogP) is 2.31. The monoisotopic (exact) mass is 354 g/mol. The summed E-state index contributed by atoms with van der Waals surface area (Å²) in [5, 5.41) is 7.90. The normalized spacial score (nSPS) is 22.0. The SMILES string of the molecule is CC(C)n1ncc(N(CC2CCCN2)C2CC2)c(Br)c1=O. The van der Waals surface area contributed by atoms with E-state index < -0.39 is 0 Å². The molecule has 1 unspecified atom stereocenters. The lowest BCUT2D eigenvalue weighted by molar-refractivity contribution is 0.498. The average molecular weight is 355 g/mol. The molecule has 1 atom stereocenters. The van der Waals surface area contributed by atoms with Gasteiger partial charge in [0.05, 0.1) is 17.9 Å². The van der Waals surface area contributed by atoms with E-state index in [2.05, 4.69) is 31.2 Å². The third-order valence-electron chi connectivity index (χ3n) is 4.29. The molecule has 2 fully saturated rings. The lowest BCUT2D eigenvalue weighted by Crippen LogP contribution is -2.40. The van der Waals surface area contributed by atoms with Crippen LogP contribution in [0.1, 0.15) is 45.6 Å². The molecule has 1 N–H and O–H groups in total. The molecule has 1 aromatic heterocycles. The van der Waals surface area contributed by atoms with Crippen molar-refractivity contribution in [2.75, 3.05) is 18.0 Å². The quantitative estimate of drug-likeness (QED) is 0.881. The van der Waals surface area contributed by atoms with Crippen molar-refractivity contribution in [3.8, 4) is 0 Å². The summed E-state index contributed by atoms with van der Waals surface area (Å²) >= 11 is 3.51. The maximum atomic E-state index is 12.4. The van der Waals surface area contributed by atoms with Crippen molar-refractivity contribution in [3.05, 3.63) is 21.0 Å². The third-order valence-corrected chi connectivity index (χ3v) is 5.04. The van der Waals surface area contributed by atoms with Gasteiger partial charge in [-0.25, -0.2) is 4.68 Å². The van der Waals surface area contributed by atoms with Gasteiger partial charge in [0.15, 0.2) is 0 Å². The minimum Gasteiger partial charge on any atom is -0.365 e. The second-order valence-electron chi connectivity index (χ2n) is 6.36. The Morgan fingerprint density at radius 3 is 2.81 bits per heavy atom. The first-order chi connectivity index (χ1) is 10.1. The topological polar surface area (TPSA) is 50.2 Å². The summed E-state index contributed by atoms with van der Waals surface area (Å²) in [6, 6.07) is 1.18. The van der Waals surface area contributed by atoms with Crippen LogP contribution in [-0.2, 0) is 0 Å². The van der Waals surface area contributed by atoms with E-state index in [0.717, 1.165) is 18.8 Å². The fourth-order valence-corrected chi connectivity index (χ4v) is 3.50. The molecule has 21 heavy (non-hydrogen) atoms. The summed E-state index contributed by atoms with van der Waals surface area (Å²) in [5.74, 6) is 0. The summed E-state index contributed by atoms with van der Waals surface area (Å²) in [6.07, 6.45) is 6.74. The fraction of sp³-hybridized carbons (Fsp3) is 0.733. The van der Waals surface area contributed by atoms with E-state index in [-0.39, 0.29) is 11.6 Å². The van der Waals surface area contributed by atoms with Crippen molar-refractivity contribution < 1.29 is 0 Å². The van der Waals surface area contributed by atoms with Crippen LogP contribution in [0.2, 0.25) is 0 Å². The standard InChI is InChI=1S/C15H23BrN4O/c1-10(2)20-15(21)14(16)13(8-18-20)19(12-5-6-12)9-11-4-3-7-17-11/h8,10-12,17H,3-7,9H2,1-2H3. The molecule has 2 aliphatic rings. The number of aromatic nitrogens is 2. The van der Waals surface area contributed by atoms with Crippen LogP contribution in [0.3, 0.4) is 0 Å². The Morgan fingerprint density at radius 2 is 2.24 bits per heavy atom. The van der Waals surface area contributed by atoms with Gasteiger partial charge in [0.1, 0.15) is 4.47 Å². The average Bonchev–Trinajstić information content (AvgIpc) is 3.16. The molecule has 1 aromatic rings. The molecular weight excluding hydrogens is 332 g/mol. The van der Waals surface area contributed by atoms with E-state index in [0.29, 0.717) is 16.6 Å². The van der Waals surface area contributed by atoms with Gasteiger partial charge in [0, 0.05) is 18.6 Å². The number of nitrogens with one attached hydrogen (secondary N) is 1. The van der Waals surface area contributed by atoms with Crippen molar-refractivity contribution in [1.82, 2.24) is 15.1 Å². The fourth-order valence-electron chi connectivity index (χ4n) is 2.98. The maximum absolute atomic E-state index is 12.4. The molecule has 2 heterocycles. The highest BCUT2D eigenvalue weighted by molar-refractivity contribution is 9.10. The Labute approximate surface area is 133 Å². The van der Waals surface area contributed by atoms with Crippen LogP contribution >= 0.6 is 15.9 Å². The van der Waals surface area contributed by atoms with Gasteiger partial charge < -0.3 is 10.2 Å². The number of rotatable bonds is 5. The van der Waals surface area contributed by atoms with Crippen LogP contribution in [0.25, 0.3) is 0 Å². The lowest BCUT2D eigenvalue weighted by atomic mass is 10.2. The summed E-state index contributed by atoms with van der Waals surface area (Å²) < 4.78 is 2.18. The van der Waals surface area contributed by atoms with E-state index in [1.807, 2.05) is 20.0 Å². The molecule has 1 saturated carbocycles. The molecule has 6 heteroatoms. The first kappa shape index (κ1) is 15.0. The van der Waals surface area contributed by atoms with Crippen molar-refractivity contribution in [3.63, 3.8) is 0 Å². The minimum atomic E-state index is -0.0347. The van der Waals surface area contributed by atoms with E-state index >= 15 is 0 Å². The van der Waals surface area contributed by atoms with Crippen LogP contribution in [0, 0.1) is 0 Å². The summed E-state index contributed by atoms with van der Waals surface area (Å²) in [4.78, 5) is 14.8. The van der Waals surface area contributed by atoms with Crippen molar-refractivity contribution >= 4 is 21.6 Å². The van der Waals surface area contributed by atoms with Gasteiger partial charge in [-0.1, -0.05) is 0 Å². The van der Waals surface area contributed by atoms with Gasteiger partial charge in [-0.15, -0.1) is 0 Å². The van der Waals surface area contributed by atoms with Crippen molar-refractivity contribution in [2.24, 2.45) is 0 Å². The van der Waals surface area contributed by atoms with Gasteiger partial charge in [-0.05, 0) is 62.0 Å². The predicted molar refractivity (Wildman–Crippen MR) is 88.0 cm³/mol. The van der Waals surface area contributed by atoms with E-state index in [4.69, 9.17) is 0 Å². The van der Waals surface area contributed by atoms with Gasteiger partial charge in [-0.2, -0.15) is 5.10 Å². The second-order valence-corrected chi connectivity index (χ2v) is 7.16. The molecule has 0 aromatic carbocycles. The van der Waals surface area contributed by atoms with Gasteiger partial charge in [-0.3, -0.25) is 4.79 Å². The Morgan fingerprint density at radius 1 is 1.48 bits per heavy atom. The molecule has 0 spiro atoms. The minimum absolute atomic E-state index is 0.0347. The number of hydrogen-bond donors (Lipinski definition) is 1. The molecule has 1 aliphatic carbocycles. The zero-order valence-electron chi connectivity index (χ0n) is 12.7. The number of anilines is 1. The summed E-state index contributed by atoms with van der Waals surface area (Å²) in [7, 11) is 0. The molecule has 0 bridgehead atoms. The molecule has 1 aliphatic heterocycles. The highest BCUT2D eigenvalue weighted by Crippen LogP contribution is 2.34. The van der Waals surface area contributed by atoms with Crippen molar-refractivity contribution in [2.45, 2.75) is 57.7 Å². The highest BCUT2D eigenvalue weighted by atomic mass is 79.9. The van der Waals surface area contributed by atoms with E-state index in [1.165, 1.54) is 30.4 Å². The molecule has 3 rings (SSSR count). The summed E-state index contributed by atoms with van der Waals surface area (Å²) in [5.41, 5.74) is 0.917. The van der Waals surface area contributed by atoms with E-state index in [9.17, 15) is 4.79 Å². The van der Waals surface area contributed by atoms with Crippen molar-refractivity contribution in [1.29, 1.82) is 0 Å². The van der Waals surface area contributed by atoms with Gasteiger partial charge in [0.25, 0.3) is 5.56 Å². The van der Waals surface area contributed by atoms with Crippen LogP contribution in [0.5, 0.6) is 0 Å². The van der Waals surface area contributed by atoms with Crippen LogP contribution in [0.15, 0.2) is 15.5 Å². The van der Waals surface area contributed by atoms with E-state index in [1.54, 1.807) is 0 Å². The first-order valence-electron chi connectivity index (χ1n) is 7.85. The Bertz CT molecular complexity index is 561. The lowest BCUT2D eigenvalue weighted by Gasteiger charge is -2.28. The molecular formula is C15H23BrN4O. The molecule has 5 nitrogen and oxygen atoms in total. The van der Waals surface area contributed by atoms with Gasteiger partial charge in [0.2, 0.25) is 0 Å². The zero-order valence-corrected chi connectivity index (χ0v) is 14.3. The Hall–Kier alpha value is -0.880. The molecule has 0 radical (unpaired) electrons. The maximum Gasteiger partial charge on any atom is 0.283 e. The van der Waals surface area contributed by atoms with Crippen LogP contribution in [0.4, 0.5) is 5.69 Å². The number of nitrogens with zero attached hydrogens (tertiary/aromatic N) is 3. The highest BCUT2D eigenvalue weighted by Gasteiger charge is 2.33. The first-order valence-corrected chi connectivity index (χ1v) is 8.64. The van der Waals surface area contributed by atoms with Gasteiger partial charge >= 0.3 is 0 Å². The third kappa shape index (κ3) is 3.16. The Balaban J connectivity index is 1.88. The largest absolute Gasteiger partial charge is 0.365 e. The van der Waals surface area contributed by atoms with Crippen LogP contribution in [-0.4, -0.2) is 35.0 Å². The molecule has 0 amide bonds. The summed E-state index contributed by atoms with van der Waals surface area (Å²) in [6.45, 7) is 6.02. The number of halogens is 1. The zero-order chi connectivity index (χ0) is 15.0. The van der Waals surface area contributed by atoms with Crippen LogP contribution < -0.4 is 15.8 Å². The molecule has 1 saturated heterocycles. The second kappa shape index (κ2) is 6.08. The Kier molecular flexibility index (Phi) is 4.36. The number of hydrogen-bond acceptors (Lipinski definition) is 4.